The molecule has 180 valence electrons. The van der Waals surface area contributed by atoms with Crippen LogP contribution in [0.25, 0.3) is 11.1 Å². The lowest BCUT2D eigenvalue weighted by Gasteiger charge is -2.13. The summed E-state index contributed by atoms with van der Waals surface area (Å²) < 4.78 is 7.53. The highest BCUT2D eigenvalue weighted by Gasteiger charge is 2.36. The van der Waals surface area contributed by atoms with Gasteiger partial charge in [0.2, 0.25) is 0 Å². The van der Waals surface area contributed by atoms with Gasteiger partial charge >= 0.3 is 5.97 Å². The summed E-state index contributed by atoms with van der Waals surface area (Å²) in [6, 6.07) is 11.0. The van der Waals surface area contributed by atoms with Gasteiger partial charge in [0.05, 0.1) is 22.8 Å². The number of benzene rings is 1. The van der Waals surface area contributed by atoms with Crippen LogP contribution in [0.5, 0.6) is 0 Å². The number of rotatable bonds is 5. The van der Waals surface area contributed by atoms with Crippen molar-refractivity contribution in [2.75, 3.05) is 11.5 Å². The molecule has 2 aliphatic rings. The summed E-state index contributed by atoms with van der Waals surface area (Å²) in [5.41, 5.74) is 5.07. The number of aryl methyl sites for hydroxylation is 2. The number of imide groups is 1. The van der Waals surface area contributed by atoms with Gasteiger partial charge < -0.3 is 9.30 Å². The number of thioether (sulfide) groups is 1. The maximum absolute atomic E-state index is 13.1. The summed E-state index contributed by atoms with van der Waals surface area (Å²) >= 11 is 2.60. The van der Waals surface area contributed by atoms with Crippen molar-refractivity contribution in [2.24, 2.45) is 0 Å². The zero-order valence-electron chi connectivity index (χ0n) is 19.9. The second kappa shape index (κ2) is 9.51. The third-order valence-electron chi connectivity index (χ3n) is 6.40. The number of hydrogen-bond donors (Lipinski definition) is 0. The molecule has 6 nitrogen and oxygen atoms in total. The first-order valence-corrected chi connectivity index (χ1v) is 13.4. The number of para-hydroxylation sites is 1. The van der Waals surface area contributed by atoms with E-state index >= 15 is 0 Å². The molecule has 0 bridgehead atoms. The van der Waals surface area contributed by atoms with Crippen molar-refractivity contribution < 1.29 is 19.1 Å². The third-order valence-corrected chi connectivity index (χ3v) is 8.55. The number of carbonyl (C=O) groups excluding carboxylic acids is 3. The Balaban J connectivity index is 1.56. The van der Waals surface area contributed by atoms with Crippen LogP contribution in [0.2, 0.25) is 0 Å². The number of amides is 2. The van der Waals surface area contributed by atoms with Gasteiger partial charge in [-0.1, -0.05) is 18.2 Å². The molecule has 0 spiro atoms. The van der Waals surface area contributed by atoms with Crippen LogP contribution in [0, 0.1) is 13.8 Å². The molecule has 8 heteroatoms. The fourth-order valence-corrected chi connectivity index (χ4v) is 7.10. The van der Waals surface area contributed by atoms with Crippen LogP contribution >= 0.6 is 23.1 Å². The average molecular weight is 507 g/mol. The zero-order valence-corrected chi connectivity index (χ0v) is 21.6. The van der Waals surface area contributed by atoms with E-state index < -0.39 is 0 Å². The standard InChI is InChI=1S/C27H26N2O4S2/c1-4-33-26(31)23-20-12-8-9-13-21(20)34-25(23)28-16(2)14-18(17(28)3)15-22-24(30)29(27(32)35-22)19-10-6-5-7-11-19/h5-7,10-11,14-15H,4,8-9,12-13H2,1-3H3/b22-15-. The largest absolute Gasteiger partial charge is 0.462 e. The Morgan fingerprint density at radius 2 is 1.86 bits per heavy atom. The number of thiophene rings is 1. The fourth-order valence-electron chi connectivity index (χ4n) is 4.78. The number of carbonyl (C=O) groups is 3. The second-order valence-corrected chi connectivity index (χ2v) is 10.7. The summed E-state index contributed by atoms with van der Waals surface area (Å²) in [4.78, 5) is 41.6. The minimum atomic E-state index is -0.324. The molecule has 1 aromatic carbocycles. The number of ether oxygens (including phenoxy) is 1. The maximum atomic E-state index is 13.1. The van der Waals surface area contributed by atoms with Crippen LogP contribution in [0.4, 0.5) is 10.5 Å². The van der Waals surface area contributed by atoms with Gasteiger partial charge in [0.15, 0.2) is 0 Å². The lowest BCUT2D eigenvalue weighted by atomic mass is 9.95. The maximum Gasteiger partial charge on any atom is 0.341 e. The van der Waals surface area contributed by atoms with E-state index in [-0.39, 0.29) is 17.1 Å². The summed E-state index contributed by atoms with van der Waals surface area (Å²) in [5.74, 6) is -0.602. The number of aromatic nitrogens is 1. The molecule has 0 saturated carbocycles. The van der Waals surface area contributed by atoms with Crippen molar-refractivity contribution in [3.63, 3.8) is 0 Å². The highest BCUT2D eigenvalue weighted by atomic mass is 32.2. The smallest absolute Gasteiger partial charge is 0.341 e. The lowest BCUT2D eigenvalue weighted by Crippen LogP contribution is -2.27. The molecule has 35 heavy (non-hydrogen) atoms. The molecule has 0 atom stereocenters. The number of nitrogens with zero attached hydrogens (tertiary/aromatic N) is 2. The number of fused-ring (bicyclic) bond motifs is 1. The van der Waals surface area contributed by atoms with Gasteiger partial charge in [0.1, 0.15) is 5.00 Å². The summed E-state index contributed by atoms with van der Waals surface area (Å²) in [6.07, 6.45) is 5.84. The highest BCUT2D eigenvalue weighted by Crippen LogP contribution is 2.40. The van der Waals surface area contributed by atoms with Gasteiger partial charge in [-0.25, -0.2) is 9.69 Å². The van der Waals surface area contributed by atoms with E-state index in [1.165, 1.54) is 9.78 Å². The van der Waals surface area contributed by atoms with Crippen molar-refractivity contribution in [3.8, 4) is 5.00 Å². The van der Waals surface area contributed by atoms with Crippen molar-refractivity contribution >= 4 is 52.0 Å². The van der Waals surface area contributed by atoms with Gasteiger partial charge in [0, 0.05) is 16.3 Å². The topological polar surface area (TPSA) is 68.6 Å². The minimum Gasteiger partial charge on any atom is -0.462 e. The molecule has 0 unspecified atom stereocenters. The van der Waals surface area contributed by atoms with Crippen molar-refractivity contribution in [3.05, 3.63) is 74.3 Å². The van der Waals surface area contributed by atoms with Crippen molar-refractivity contribution in [1.29, 1.82) is 0 Å². The van der Waals surface area contributed by atoms with Crippen LogP contribution in [-0.2, 0) is 22.4 Å². The molecule has 3 aromatic rings. The molecule has 1 aliphatic carbocycles. The molecular weight excluding hydrogens is 480 g/mol. The molecule has 0 N–H and O–H groups in total. The van der Waals surface area contributed by atoms with E-state index in [1.807, 2.05) is 32.9 Å². The van der Waals surface area contributed by atoms with Gasteiger partial charge in [0.25, 0.3) is 11.1 Å². The van der Waals surface area contributed by atoms with E-state index in [1.54, 1.807) is 41.7 Å². The molecule has 1 aliphatic heterocycles. The molecule has 2 aromatic heterocycles. The predicted molar refractivity (Wildman–Crippen MR) is 141 cm³/mol. The fraction of sp³-hybridized carbons (Fsp3) is 0.296. The Kier molecular flexibility index (Phi) is 6.42. The third kappa shape index (κ3) is 4.15. The monoisotopic (exact) mass is 506 g/mol. The van der Waals surface area contributed by atoms with Crippen LogP contribution in [-0.4, -0.2) is 28.3 Å². The Morgan fingerprint density at radius 3 is 2.60 bits per heavy atom. The summed E-state index contributed by atoms with van der Waals surface area (Å²) in [7, 11) is 0. The Morgan fingerprint density at radius 1 is 1.11 bits per heavy atom. The van der Waals surface area contributed by atoms with E-state index in [9.17, 15) is 14.4 Å². The van der Waals surface area contributed by atoms with Gasteiger partial charge in [-0.2, -0.15) is 0 Å². The molecule has 1 fully saturated rings. The Hall–Kier alpha value is -3.10. The first-order chi connectivity index (χ1) is 16.9. The first-order valence-electron chi connectivity index (χ1n) is 11.7. The molecule has 1 saturated heterocycles. The lowest BCUT2D eigenvalue weighted by molar-refractivity contribution is -0.113. The molecule has 2 amide bonds. The quantitative estimate of drug-likeness (QED) is 0.294. The number of esters is 1. The van der Waals surface area contributed by atoms with Gasteiger partial charge in [-0.15, -0.1) is 11.3 Å². The average Bonchev–Trinajstić information content (AvgIpc) is 3.45. The van der Waals surface area contributed by atoms with E-state index in [0.29, 0.717) is 22.8 Å². The van der Waals surface area contributed by atoms with Crippen molar-refractivity contribution in [2.45, 2.75) is 46.5 Å². The Labute approximate surface area is 212 Å². The molecule has 5 rings (SSSR count). The zero-order chi connectivity index (χ0) is 24.7. The van der Waals surface area contributed by atoms with Crippen molar-refractivity contribution in [1.82, 2.24) is 4.57 Å². The van der Waals surface area contributed by atoms with Crippen LogP contribution in [0.15, 0.2) is 41.3 Å². The summed E-state index contributed by atoms with van der Waals surface area (Å²) in [6.45, 7) is 6.12. The summed E-state index contributed by atoms with van der Waals surface area (Å²) in [5, 5.41) is 0.569. The molecule has 0 radical (unpaired) electrons. The van der Waals surface area contributed by atoms with Crippen LogP contribution in [0.3, 0.4) is 0 Å². The first kappa shape index (κ1) is 23.6. The second-order valence-electron chi connectivity index (χ2n) is 8.63. The van der Waals surface area contributed by atoms with Gasteiger partial charge in [-0.3, -0.25) is 9.59 Å². The molecular formula is C27H26N2O4S2. The van der Waals surface area contributed by atoms with Gasteiger partial charge in [-0.05, 0) is 93.6 Å². The Bertz CT molecular complexity index is 1370. The number of hydrogen-bond acceptors (Lipinski definition) is 6. The number of anilines is 1. The van der Waals surface area contributed by atoms with E-state index in [0.717, 1.165) is 65.0 Å². The molecule has 3 heterocycles. The van der Waals surface area contributed by atoms with E-state index in [2.05, 4.69) is 4.57 Å². The van der Waals surface area contributed by atoms with Crippen LogP contribution < -0.4 is 4.90 Å². The highest BCUT2D eigenvalue weighted by molar-refractivity contribution is 8.19. The van der Waals surface area contributed by atoms with E-state index in [4.69, 9.17) is 4.74 Å². The predicted octanol–water partition coefficient (Wildman–Crippen LogP) is 6.45. The SMILES string of the molecule is CCOC(=O)c1c(-n2c(C)cc(/C=C3\SC(=O)N(c4ccccc4)C3=O)c2C)sc2c1CCCC2. The minimum absolute atomic E-state index is 0.278. The van der Waals surface area contributed by atoms with Crippen LogP contribution in [0.1, 0.15) is 57.5 Å². The normalized spacial score (nSPS) is 16.8.